The number of aromatic amines is 1. The van der Waals surface area contributed by atoms with Gasteiger partial charge in [-0.1, -0.05) is 12.1 Å². The maximum atomic E-state index is 12.5. The van der Waals surface area contributed by atoms with E-state index in [-0.39, 0.29) is 5.91 Å². The van der Waals surface area contributed by atoms with Gasteiger partial charge in [-0.3, -0.25) is 4.79 Å². The van der Waals surface area contributed by atoms with Crippen molar-refractivity contribution in [3.63, 3.8) is 0 Å². The Hall–Kier alpha value is -2.73. The summed E-state index contributed by atoms with van der Waals surface area (Å²) in [6, 6.07) is 10.6. The molecule has 138 valence electrons. The van der Waals surface area contributed by atoms with Crippen molar-refractivity contribution in [2.45, 2.75) is 31.2 Å². The van der Waals surface area contributed by atoms with Crippen molar-refractivity contribution < 1.29 is 4.79 Å². The number of carbonyl (C=O) groups excluding carboxylic acids is 1. The van der Waals surface area contributed by atoms with E-state index in [9.17, 15) is 4.79 Å². The maximum Gasteiger partial charge on any atom is 0.225 e. The van der Waals surface area contributed by atoms with Crippen LogP contribution in [0.2, 0.25) is 0 Å². The first-order valence-corrected chi connectivity index (χ1v) is 9.55. The second-order valence-electron chi connectivity index (χ2n) is 7.86. The molecule has 1 aromatic carbocycles. The van der Waals surface area contributed by atoms with Crippen LogP contribution in [0.5, 0.6) is 0 Å². The van der Waals surface area contributed by atoms with Gasteiger partial charge in [0.2, 0.25) is 5.91 Å². The smallest absolute Gasteiger partial charge is 0.225 e. The normalized spacial score (nSPS) is 24.6. The van der Waals surface area contributed by atoms with Crippen molar-refractivity contribution in [1.29, 1.82) is 0 Å². The van der Waals surface area contributed by atoms with Crippen LogP contribution in [0.1, 0.15) is 29.9 Å². The van der Waals surface area contributed by atoms with Crippen molar-refractivity contribution in [2.24, 2.45) is 5.92 Å². The summed E-state index contributed by atoms with van der Waals surface area (Å²) in [6.45, 7) is 0.949. The molecule has 1 aliphatic heterocycles. The highest BCUT2D eigenvalue weighted by Gasteiger charge is 2.39. The van der Waals surface area contributed by atoms with E-state index < -0.39 is 0 Å². The van der Waals surface area contributed by atoms with Gasteiger partial charge in [0.1, 0.15) is 0 Å². The molecule has 1 fully saturated rings. The van der Waals surface area contributed by atoms with Crippen LogP contribution in [0.15, 0.2) is 42.7 Å². The molecule has 3 aromatic rings. The minimum atomic E-state index is 0.0173. The molecule has 27 heavy (non-hydrogen) atoms. The molecule has 0 radical (unpaired) electrons. The number of rotatable bonds is 3. The van der Waals surface area contributed by atoms with Crippen molar-refractivity contribution in [3.05, 3.63) is 53.9 Å². The molecule has 0 bridgehead atoms. The molecular formula is C21H23N5O. The van der Waals surface area contributed by atoms with E-state index in [0.717, 1.165) is 19.4 Å². The molecule has 1 saturated heterocycles. The molecule has 6 nitrogen and oxygen atoms in total. The first kappa shape index (κ1) is 16.4. The standard InChI is InChI=1S/C21H23N5O/c1-26-12-13(9-20(27)24-19-6-3-7-23-25-19)8-16-15-4-2-5-17-21(15)14(11-22-17)10-18(16)26/h2-7,11,13,16,18,22H,8-10,12H2,1H3,(H,24,25,27)/t13-,16?,18+/m0/s1. The highest BCUT2D eigenvalue weighted by atomic mass is 16.1. The molecule has 6 heteroatoms. The molecule has 2 aliphatic rings. The number of likely N-dealkylation sites (tertiary alicyclic amines) is 1. The Bertz CT molecular complexity index is 983. The Morgan fingerprint density at radius 3 is 3.11 bits per heavy atom. The second kappa shape index (κ2) is 6.46. The van der Waals surface area contributed by atoms with E-state index in [1.165, 1.54) is 22.0 Å². The summed E-state index contributed by atoms with van der Waals surface area (Å²) in [5.74, 6) is 1.35. The SMILES string of the molecule is CN1C[C@H](CC(=O)Nc2cccnn2)CC2c3cccc4[nH]cc(c34)C[C@H]21. The summed E-state index contributed by atoms with van der Waals surface area (Å²) in [7, 11) is 2.20. The molecule has 3 atom stereocenters. The number of hydrogen-bond acceptors (Lipinski definition) is 4. The van der Waals surface area contributed by atoms with Crippen LogP contribution in [0, 0.1) is 5.92 Å². The van der Waals surface area contributed by atoms with Crippen LogP contribution in [-0.4, -0.2) is 45.6 Å². The van der Waals surface area contributed by atoms with Gasteiger partial charge in [0.25, 0.3) is 0 Å². The average Bonchev–Trinajstić information content (AvgIpc) is 3.08. The molecule has 0 spiro atoms. The first-order valence-electron chi connectivity index (χ1n) is 9.55. The van der Waals surface area contributed by atoms with Crippen LogP contribution in [0.4, 0.5) is 5.82 Å². The number of anilines is 1. The van der Waals surface area contributed by atoms with Gasteiger partial charge in [-0.05, 0) is 55.1 Å². The van der Waals surface area contributed by atoms with E-state index in [0.29, 0.717) is 30.1 Å². The predicted molar refractivity (Wildman–Crippen MR) is 105 cm³/mol. The van der Waals surface area contributed by atoms with Crippen molar-refractivity contribution >= 4 is 22.6 Å². The molecule has 2 N–H and O–H groups in total. The third kappa shape index (κ3) is 2.90. The van der Waals surface area contributed by atoms with Crippen LogP contribution < -0.4 is 5.32 Å². The first-order chi connectivity index (χ1) is 13.2. The summed E-state index contributed by atoms with van der Waals surface area (Å²) in [5, 5.41) is 12.0. The minimum Gasteiger partial charge on any atom is -0.361 e. The third-order valence-electron chi connectivity index (χ3n) is 6.13. The number of H-pyrrole nitrogens is 1. The van der Waals surface area contributed by atoms with Gasteiger partial charge < -0.3 is 15.2 Å². The van der Waals surface area contributed by atoms with Crippen LogP contribution in [0.25, 0.3) is 10.9 Å². The van der Waals surface area contributed by atoms with Crippen molar-refractivity contribution in [2.75, 3.05) is 18.9 Å². The molecule has 2 aromatic heterocycles. The number of nitrogens with zero attached hydrogens (tertiary/aromatic N) is 3. The zero-order valence-electron chi connectivity index (χ0n) is 15.4. The van der Waals surface area contributed by atoms with Gasteiger partial charge in [0.15, 0.2) is 5.82 Å². The zero-order chi connectivity index (χ0) is 18.4. The third-order valence-corrected chi connectivity index (χ3v) is 6.13. The fraction of sp³-hybridized carbons (Fsp3) is 0.381. The largest absolute Gasteiger partial charge is 0.361 e. The topological polar surface area (TPSA) is 73.9 Å². The van der Waals surface area contributed by atoms with Gasteiger partial charge >= 0.3 is 0 Å². The average molecular weight is 361 g/mol. The Morgan fingerprint density at radius 1 is 1.33 bits per heavy atom. The van der Waals surface area contributed by atoms with E-state index in [2.05, 4.69) is 56.8 Å². The van der Waals surface area contributed by atoms with Crippen molar-refractivity contribution in [1.82, 2.24) is 20.1 Å². The predicted octanol–water partition coefficient (Wildman–Crippen LogP) is 2.95. The highest BCUT2D eigenvalue weighted by Crippen LogP contribution is 2.44. The lowest BCUT2D eigenvalue weighted by Crippen LogP contribution is -2.48. The number of fused-ring (bicyclic) bond motifs is 2. The van der Waals surface area contributed by atoms with E-state index in [1.807, 2.05) is 0 Å². The lowest BCUT2D eigenvalue weighted by atomic mass is 9.72. The van der Waals surface area contributed by atoms with Crippen LogP contribution >= 0.6 is 0 Å². The number of nitrogens with one attached hydrogen (secondary N) is 2. The number of benzene rings is 1. The summed E-state index contributed by atoms with van der Waals surface area (Å²) < 4.78 is 0. The lowest BCUT2D eigenvalue weighted by molar-refractivity contribution is -0.117. The molecule has 5 rings (SSSR count). The van der Waals surface area contributed by atoms with Crippen molar-refractivity contribution in [3.8, 4) is 0 Å². The Morgan fingerprint density at radius 2 is 2.26 bits per heavy atom. The molecule has 1 unspecified atom stereocenters. The highest BCUT2D eigenvalue weighted by molar-refractivity contribution is 5.90. The number of piperidine rings is 1. The van der Waals surface area contributed by atoms with Gasteiger partial charge in [0.05, 0.1) is 0 Å². The summed E-state index contributed by atoms with van der Waals surface area (Å²) >= 11 is 0. The quantitative estimate of drug-likeness (QED) is 0.752. The van der Waals surface area contributed by atoms with E-state index >= 15 is 0 Å². The summed E-state index contributed by atoms with van der Waals surface area (Å²) in [6.07, 6.45) is 6.41. The van der Waals surface area contributed by atoms with Gasteiger partial charge in [-0.25, -0.2) is 0 Å². The van der Waals surface area contributed by atoms with Gasteiger partial charge in [0, 0.05) is 48.2 Å². The lowest BCUT2D eigenvalue weighted by Gasteiger charge is -2.45. The zero-order valence-corrected chi connectivity index (χ0v) is 15.4. The monoisotopic (exact) mass is 361 g/mol. The fourth-order valence-electron chi connectivity index (χ4n) is 5.03. The second-order valence-corrected chi connectivity index (χ2v) is 7.86. The number of amides is 1. The number of aromatic nitrogens is 3. The molecule has 3 heterocycles. The van der Waals surface area contributed by atoms with Gasteiger partial charge in [-0.15, -0.1) is 5.10 Å². The fourth-order valence-corrected chi connectivity index (χ4v) is 5.03. The summed E-state index contributed by atoms with van der Waals surface area (Å²) in [4.78, 5) is 18.4. The molecule has 1 amide bonds. The summed E-state index contributed by atoms with van der Waals surface area (Å²) in [5.41, 5.74) is 4.09. The van der Waals surface area contributed by atoms with Crippen LogP contribution in [0.3, 0.4) is 0 Å². The number of carbonyl (C=O) groups is 1. The minimum absolute atomic E-state index is 0.0173. The Kier molecular flexibility index (Phi) is 3.93. The molecular weight excluding hydrogens is 338 g/mol. The van der Waals surface area contributed by atoms with E-state index in [4.69, 9.17) is 0 Å². The molecule has 0 saturated carbocycles. The van der Waals surface area contributed by atoms with Crippen LogP contribution in [-0.2, 0) is 11.2 Å². The Balaban J connectivity index is 1.36. The number of likely N-dealkylation sites (N-methyl/N-ethyl adjacent to an activating group) is 1. The maximum absolute atomic E-state index is 12.5. The van der Waals surface area contributed by atoms with Gasteiger partial charge in [-0.2, -0.15) is 5.10 Å². The molecule has 1 aliphatic carbocycles. The van der Waals surface area contributed by atoms with E-state index in [1.54, 1.807) is 18.3 Å². The number of hydrogen-bond donors (Lipinski definition) is 2. The Labute approximate surface area is 158 Å².